The first-order valence-corrected chi connectivity index (χ1v) is 4.59. The fourth-order valence-electron chi connectivity index (χ4n) is 2.45. The second-order valence-electron chi connectivity index (χ2n) is 3.67. The van der Waals surface area contributed by atoms with Crippen LogP contribution in [0.1, 0.15) is 25.7 Å². The van der Waals surface area contributed by atoms with Gasteiger partial charge in [-0.15, -0.1) is 0 Å². The minimum Gasteiger partial charge on any atom is -0.467 e. The summed E-state index contributed by atoms with van der Waals surface area (Å²) in [5.41, 5.74) is -0.591. The molecule has 2 rings (SSSR count). The Morgan fingerprint density at radius 1 is 1.54 bits per heavy atom. The van der Waals surface area contributed by atoms with Crippen LogP contribution in [0.25, 0.3) is 0 Å². The van der Waals surface area contributed by atoms with Gasteiger partial charge in [0.1, 0.15) is 5.54 Å². The summed E-state index contributed by atoms with van der Waals surface area (Å²) in [6, 6.07) is 0. The topological polar surface area (TPSA) is 46.6 Å². The SMILES string of the molecule is COC(=O)C12CCCN1C(=O)CC2. The van der Waals surface area contributed by atoms with Crippen LogP contribution in [0.5, 0.6) is 0 Å². The number of rotatable bonds is 1. The van der Waals surface area contributed by atoms with Crippen molar-refractivity contribution in [2.45, 2.75) is 31.2 Å². The van der Waals surface area contributed by atoms with Crippen LogP contribution in [0.2, 0.25) is 0 Å². The van der Waals surface area contributed by atoms with Gasteiger partial charge in [-0.25, -0.2) is 4.79 Å². The highest BCUT2D eigenvalue weighted by atomic mass is 16.5. The number of hydrogen-bond donors (Lipinski definition) is 0. The molecule has 1 amide bonds. The van der Waals surface area contributed by atoms with Crippen molar-refractivity contribution in [1.82, 2.24) is 4.90 Å². The monoisotopic (exact) mass is 183 g/mol. The molecule has 2 aliphatic rings. The standard InChI is InChI=1S/C9H13NO3/c1-13-8(12)9-4-2-6-10(9)7(11)3-5-9/h2-6H2,1H3. The summed E-state index contributed by atoms with van der Waals surface area (Å²) in [4.78, 5) is 24.6. The summed E-state index contributed by atoms with van der Waals surface area (Å²) in [7, 11) is 1.39. The Balaban J connectivity index is 2.30. The molecule has 4 heteroatoms. The number of fused-ring (bicyclic) bond motifs is 1. The highest BCUT2D eigenvalue weighted by Crippen LogP contribution is 2.40. The van der Waals surface area contributed by atoms with Gasteiger partial charge in [-0.05, 0) is 19.3 Å². The summed E-state index contributed by atoms with van der Waals surface area (Å²) < 4.78 is 4.75. The third kappa shape index (κ3) is 0.975. The van der Waals surface area contributed by atoms with Gasteiger partial charge in [-0.3, -0.25) is 4.79 Å². The minimum absolute atomic E-state index is 0.0999. The maximum atomic E-state index is 11.5. The molecule has 0 bridgehead atoms. The second-order valence-corrected chi connectivity index (χ2v) is 3.67. The lowest BCUT2D eigenvalue weighted by atomic mass is 9.94. The van der Waals surface area contributed by atoms with Gasteiger partial charge in [-0.1, -0.05) is 0 Å². The van der Waals surface area contributed by atoms with Crippen LogP contribution in [-0.2, 0) is 14.3 Å². The number of nitrogens with zero attached hydrogens (tertiary/aromatic N) is 1. The van der Waals surface area contributed by atoms with Crippen molar-refractivity contribution < 1.29 is 14.3 Å². The molecule has 72 valence electrons. The Bertz CT molecular complexity index is 264. The van der Waals surface area contributed by atoms with E-state index in [1.165, 1.54) is 7.11 Å². The smallest absolute Gasteiger partial charge is 0.331 e. The normalized spacial score (nSPS) is 32.1. The lowest BCUT2D eigenvalue weighted by molar-refractivity contribution is -0.155. The zero-order valence-corrected chi connectivity index (χ0v) is 7.71. The minimum atomic E-state index is -0.591. The molecule has 1 atom stereocenters. The van der Waals surface area contributed by atoms with E-state index in [1.807, 2.05) is 0 Å². The number of amides is 1. The van der Waals surface area contributed by atoms with Gasteiger partial charge in [0, 0.05) is 13.0 Å². The Kier molecular flexibility index (Phi) is 1.78. The molecule has 0 aliphatic carbocycles. The molecular formula is C9H13NO3. The lowest BCUT2D eigenvalue weighted by Crippen LogP contribution is -2.47. The summed E-state index contributed by atoms with van der Waals surface area (Å²) in [5, 5.41) is 0. The molecule has 0 aromatic carbocycles. The Labute approximate surface area is 76.8 Å². The first-order valence-electron chi connectivity index (χ1n) is 4.59. The van der Waals surface area contributed by atoms with Crippen molar-refractivity contribution in [2.24, 2.45) is 0 Å². The van der Waals surface area contributed by atoms with Gasteiger partial charge in [-0.2, -0.15) is 0 Å². The summed E-state index contributed by atoms with van der Waals surface area (Å²) in [6.45, 7) is 0.716. The van der Waals surface area contributed by atoms with Crippen molar-refractivity contribution >= 4 is 11.9 Å². The van der Waals surface area contributed by atoms with E-state index < -0.39 is 5.54 Å². The maximum absolute atomic E-state index is 11.5. The Morgan fingerprint density at radius 2 is 2.31 bits per heavy atom. The summed E-state index contributed by atoms with van der Waals surface area (Å²) in [5.74, 6) is -0.140. The van der Waals surface area contributed by atoms with E-state index in [0.29, 0.717) is 19.4 Å². The number of esters is 1. The predicted molar refractivity (Wildman–Crippen MR) is 44.9 cm³/mol. The number of carbonyl (C=O) groups is 2. The van der Waals surface area contributed by atoms with E-state index in [-0.39, 0.29) is 11.9 Å². The van der Waals surface area contributed by atoms with Gasteiger partial charge in [0.25, 0.3) is 0 Å². The summed E-state index contributed by atoms with van der Waals surface area (Å²) in [6.07, 6.45) is 2.82. The zero-order chi connectivity index (χ0) is 9.47. The number of carbonyl (C=O) groups excluding carboxylic acids is 2. The van der Waals surface area contributed by atoms with Crippen LogP contribution in [0.15, 0.2) is 0 Å². The van der Waals surface area contributed by atoms with Gasteiger partial charge in [0.2, 0.25) is 5.91 Å². The summed E-state index contributed by atoms with van der Waals surface area (Å²) >= 11 is 0. The third-order valence-corrected chi connectivity index (χ3v) is 3.11. The van der Waals surface area contributed by atoms with Crippen LogP contribution in [-0.4, -0.2) is 36.0 Å². The van der Waals surface area contributed by atoms with Gasteiger partial charge >= 0.3 is 5.97 Å². The van der Waals surface area contributed by atoms with Crippen LogP contribution < -0.4 is 0 Å². The first-order chi connectivity index (χ1) is 6.20. The second kappa shape index (κ2) is 2.72. The number of ether oxygens (including phenoxy) is 1. The van der Waals surface area contributed by atoms with Crippen molar-refractivity contribution in [3.63, 3.8) is 0 Å². The molecule has 0 saturated carbocycles. The van der Waals surface area contributed by atoms with E-state index in [2.05, 4.69) is 0 Å². The molecule has 2 aliphatic heterocycles. The molecular weight excluding hydrogens is 170 g/mol. The highest BCUT2D eigenvalue weighted by Gasteiger charge is 2.54. The van der Waals surface area contributed by atoms with Gasteiger partial charge < -0.3 is 9.64 Å². The van der Waals surface area contributed by atoms with Crippen molar-refractivity contribution in [3.8, 4) is 0 Å². The molecule has 0 N–H and O–H groups in total. The average Bonchev–Trinajstić information content (AvgIpc) is 2.67. The average molecular weight is 183 g/mol. The Hall–Kier alpha value is -1.06. The molecule has 2 fully saturated rings. The van der Waals surface area contributed by atoms with Gasteiger partial charge in [0.15, 0.2) is 0 Å². The van der Waals surface area contributed by atoms with Crippen LogP contribution in [0, 0.1) is 0 Å². The molecule has 1 unspecified atom stereocenters. The van der Waals surface area contributed by atoms with E-state index in [0.717, 1.165) is 12.8 Å². The van der Waals surface area contributed by atoms with Crippen LogP contribution in [0.3, 0.4) is 0 Å². The van der Waals surface area contributed by atoms with E-state index >= 15 is 0 Å². The van der Waals surface area contributed by atoms with Crippen LogP contribution in [0.4, 0.5) is 0 Å². The lowest BCUT2D eigenvalue weighted by Gasteiger charge is -2.28. The fraction of sp³-hybridized carbons (Fsp3) is 0.778. The van der Waals surface area contributed by atoms with Crippen molar-refractivity contribution in [3.05, 3.63) is 0 Å². The zero-order valence-electron chi connectivity index (χ0n) is 7.71. The number of hydrogen-bond acceptors (Lipinski definition) is 3. The Morgan fingerprint density at radius 3 is 3.00 bits per heavy atom. The number of methoxy groups -OCH3 is 1. The molecule has 0 aromatic heterocycles. The largest absolute Gasteiger partial charge is 0.467 e. The molecule has 2 saturated heterocycles. The molecule has 2 heterocycles. The van der Waals surface area contributed by atoms with E-state index in [1.54, 1.807) is 4.90 Å². The molecule has 4 nitrogen and oxygen atoms in total. The quantitative estimate of drug-likeness (QED) is 0.550. The first kappa shape index (κ1) is 8.53. The molecule has 0 spiro atoms. The van der Waals surface area contributed by atoms with Crippen molar-refractivity contribution in [2.75, 3.05) is 13.7 Å². The van der Waals surface area contributed by atoms with E-state index in [9.17, 15) is 9.59 Å². The maximum Gasteiger partial charge on any atom is 0.331 e. The van der Waals surface area contributed by atoms with E-state index in [4.69, 9.17) is 4.74 Å². The molecule has 0 radical (unpaired) electrons. The van der Waals surface area contributed by atoms with Crippen LogP contribution >= 0.6 is 0 Å². The van der Waals surface area contributed by atoms with Gasteiger partial charge in [0.05, 0.1) is 7.11 Å². The predicted octanol–water partition coefficient (Wildman–Crippen LogP) is 0.314. The van der Waals surface area contributed by atoms with Crippen molar-refractivity contribution in [1.29, 1.82) is 0 Å². The molecule has 13 heavy (non-hydrogen) atoms. The highest BCUT2D eigenvalue weighted by molar-refractivity contribution is 5.92. The fourth-order valence-corrected chi connectivity index (χ4v) is 2.45. The third-order valence-electron chi connectivity index (χ3n) is 3.11. The molecule has 0 aromatic rings.